The standard InChI is InChI=1S/C11H14F2N2O2S2/c1-3-10(11(14)18)19(16,17)15-9-5-7(12)6(2)4-8(9)13/h4-5,10,15H,3H2,1-2H3,(H2,14,18). The van der Waals surface area contributed by atoms with Crippen LogP contribution in [0.15, 0.2) is 12.1 Å². The van der Waals surface area contributed by atoms with E-state index in [9.17, 15) is 17.2 Å². The third-order valence-corrected chi connectivity index (χ3v) is 4.84. The molecule has 0 radical (unpaired) electrons. The first-order valence-electron chi connectivity index (χ1n) is 5.45. The second kappa shape index (κ2) is 5.79. The lowest BCUT2D eigenvalue weighted by Crippen LogP contribution is -2.37. The summed E-state index contributed by atoms with van der Waals surface area (Å²) in [4.78, 5) is -0.219. The van der Waals surface area contributed by atoms with Gasteiger partial charge in [0.05, 0.1) is 10.7 Å². The van der Waals surface area contributed by atoms with Crippen LogP contribution in [0.2, 0.25) is 0 Å². The monoisotopic (exact) mass is 308 g/mol. The number of sulfonamides is 1. The number of hydrogen-bond acceptors (Lipinski definition) is 3. The van der Waals surface area contributed by atoms with E-state index in [1.807, 2.05) is 4.72 Å². The molecule has 106 valence electrons. The second-order valence-electron chi connectivity index (χ2n) is 4.03. The zero-order valence-electron chi connectivity index (χ0n) is 10.4. The average molecular weight is 308 g/mol. The van der Waals surface area contributed by atoms with Crippen LogP contribution in [0.25, 0.3) is 0 Å². The summed E-state index contributed by atoms with van der Waals surface area (Å²) in [5.74, 6) is -1.57. The number of rotatable bonds is 5. The number of aryl methyl sites for hydroxylation is 1. The van der Waals surface area contributed by atoms with Crippen molar-refractivity contribution in [3.05, 3.63) is 29.3 Å². The lowest BCUT2D eigenvalue weighted by atomic mass is 10.2. The molecule has 0 amide bonds. The summed E-state index contributed by atoms with van der Waals surface area (Å²) in [7, 11) is -4.00. The summed E-state index contributed by atoms with van der Waals surface area (Å²) in [6, 6.07) is 1.70. The van der Waals surface area contributed by atoms with Crippen LogP contribution in [0.1, 0.15) is 18.9 Å². The van der Waals surface area contributed by atoms with E-state index in [-0.39, 0.29) is 17.0 Å². The Morgan fingerprint density at radius 3 is 2.47 bits per heavy atom. The fourth-order valence-corrected chi connectivity index (χ4v) is 3.42. The van der Waals surface area contributed by atoms with E-state index in [0.29, 0.717) is 0 Å². The molecule has 1 unspecified atom stereocenters. The van der Waals surface area contributed by atoms with E-state index in [1.165, 1.54) is 6.92 Å². The highest BCUT2D eigenvalue weighted by Gasteiger charge is 2.27. The molecule has 0 fully saturated rings. The zero-order valence-corrected chi connectivity index (χ0v) is 12.0. The third-order valence-electron chi connectivity index (χ3n) is 2.56. The van der Waals surface area contributed by atoms with Crippen molar-refractivity contribution < 1.29 is 17.2 Å². The van der Waals surface area contributed by atoms with E-state index in [4.69, 9.17) is 5.73 Å². The molecule has 0 aliphatic heterocycles. The van der Waals surface area contributed by atoms with Crippen molar-refractivity contribution in [2.24, 2.45) is 5.73 Å². The minimum atomic E-state index is -4.00. The van der Waals surface area contributed by atoms with Crippen molar-refractivity contribution in [3.63, 3.8) is 0 Å². The summed E-state index contributed by atoms with van der Waals surface area (Å²) in [5, 5.41) is -1.13. The summed E-state index contributed by atoms with van der Waals surface area (Å²) >= 11 is 4.65. The largest absolute Gasteiger partial charge is 0.392 e. The molecule has 19 heavy (non-hydrogen) atoms. The van der Waals surface area contributed by atoms with Gasteiger partial charge in [0.25, 0.3) is 0 Å². The summed E-state index contributed by atoms with van der Waals surface area (Å²) in [6.07, 6.45) is 0.140. The maximum atomic E-state index is 13.6. The van der Waals surface area contributed by atoms with Gasteiger partial charge in [0, 0.05) is 6.07 Å². The number of benzene rings is 1. The molecule has 0 saturated carbocycles. The quantitative estimate of drug-likeness (QED) is 0.817. The Labute approximate surface area is 116 Å². The van der Waals surface area contributed by atoms with Gasteiger partial charge < -0.3 is 5.73 Å². The van der Waals surface area contributed by atoms with Crippen molar-refractivity contribution in [2.45, 2.75) is 25.5 Å². The smallest absolute Gasteiger partial charge is 0.242 e. The fourth-order valence-electron chi connectivity index (χ4n) is 1.52. The molecule has 4 nitrogen and oxygen atoms in total. The number of nitrogens with two attached hydrogens (primary N) is 1. The Hall–Kier alpha value is -1.28. The number of hydrogen-bond donors (Lipinski definition) is 2. The predicted molar refractivity (Wildman–Crippen MR) is 74.5 cm³/mol. The lowest BCUT2D eigenvalue weighted by Gasteiger charge is -2.16. The van der Waals surface area contributed by atoms with E-state index in [0.717, 1.165) is 12.1 Å². The zero-order chi connectivity index (χ0) is 14.8. The van der Waals surface area contributed by atoms with Crippen LogP contribution in [-0.4, -0.2) is 18.7 Å². The average Bonchev–Trinajstić information content (AvgIpc) is 2.25. The molecule has 0 bridgehead atoms. The lowest BCUT2D eigenvalue weighted by molar-refractivity contribution is 0.587. The Kier molecular flexibility index (Phi) is 4.81. The molecule has 8 heteroatoms. The molecule has 0 aliphatic carbocycles. The molecule has 0 spiro atoms. The van der Waals surface area contributed by atoms with Crippen LogP contribution < -0.4 is 10.5 Å². The Balaban J connectivity index is 3.15. The molecular weight excluding hydrogens is 294 g/mol. The number of anilines is 1. The van der Waals surface area contributed by atoms with Gasteiger partial charge in [0.15, 0.2) is 0 Å². The topological polar surface area (TPSA) is 72.2 Å². The Morgan fingerprint density at radius 1 is 1.42 bits per heavy atom. The molecule has 1 aromatic rings. The minimum Gasteiger partial charge on any atom is -0.392 e. The van der Waals surface area contributed by atoms with Crippen LogP contribution in [0.5, 0.6) is 0 Å². The maximum Gasteiger partial charge on any atom is 0.242 e. The van der Waals surface area contributed by atoms with Crippen molar-refractivity contribution in [3.8, 4) is 0 Å². The third kappa shape index (κ3) is 3.60. The van der Waals surface area contributed by atoms with Crippen molar-refractivity contribution >= 4 is 32.9 Å². The van der Waals surface area contributed by atoms with Crippen LogP contribution in [-0.2, 0) is 10.0 Å². The van der Waals surface area contributed by atoms with Crippen molar-refractivity contribution in [2.75, 3.05) is 4.72 Å². The molecular formula is C11H14F2N2O2S2. The molecule has 0 aromatic heterocycles. The highest BCUT2D eigenvalue weighted by Crippen LogP contribution is 2.21. The van der Waals surface area contributed by atoms with Gasteiger partial charge in [-0.2, -0.15) is 0 Å². The molecule has 1 atom stereocenters. The number of nitrogens with one attached hydrogen (secondary N) is 1. The van der Waals surface area contributed by atoms with Gasteiger partial charge in [-0.1, -0.05) is 19.1 Å². The molecule has 0 heterocycles. The van der Waals surface area contributed by atoms with Crippen LogP contribution in [0.4, 0.5) is 14.5 Å². The molecule has 0 aliphatic rings. The van der Waals surface area contributed by atoms with Crippen LogP contribution >= 0.6 is 12.2 Å². The summed E-state index contributed by atoms with van der Waals surface area (Å²) < 4.78 is 52.8. The van der Waals surface area contributed by atoms with E-state index < -0.39 is 32.6 Å². The minimum absolute atomic E-state index is 0.0850. The van der Waals surface area contributed by atoms with Crippen LogP contribution in [0.3, 0.4) is 0 Å². The summed E-state index contributed by atoms with van der Waals surface area (Å²) in [5.41, 5.74) is 4.95. The van der Waals surface area contributed by atoms with E-state index >= 15 is 0 Å². The van der Waals surface area contributed by atoms with Gasteiger partial charge in [0.2, 0.25) is 10.0 Å². The highest BCUT2D eigenvalue weighted by atomic mass is 32.2. The molecule has 0 saturated heterocycles. The fraction of sp³-hybridized carbons (Fsp3) is 0.364. The van der Waals surface area contributed by atoms with Gasteiger partial charge in [-0.05, 0) is 25.0 Å². The Bertz CT molecular complexity index is 603. The molecule has 1 aromatic carbocycles. The molecule has 3 N–H and O–H groups in total. The normalized spacial score (nSPS) is 13.1. The first kappa shape index (κ1) is 15.8. The maximum absolute atomic E-state index is 13.6. The van der Waals surface area contributed by atoms with E-state index in [1.54, 1.807) is 6.92 Å². The van der Waals surface area contributed by atoms with Gasteiger partial charge in [-0.3, -0.25) is 4.72 Å². The van der Waals surface area contributed by atoms with Gasteiger partial charge in [-0.15, -0.1) is 0 Å². The van der Waals surface area contributed by atoms with E-state index in [2.05, 4.69) is 12.2 Å². The van der Waals surface area contributed by atoms with Crippen molar-refractivity contribution in [1.82, 2.24) is 0 Å². The SMILES string of the molecule is CCC(C(N)=S)S(=O)(=O)Nc1cc(F)c(C)cc1F. The second-order valence-corrected chi connectivity index (χ2v) is 6.36. The van der Waals surface area contributed by atoms with Gasteiger partial charge >= 0.3 is 0 Å². The summed E-state index contributed by atoms with van der Waals surface area (Å²) in [6.45, 7) is 2.95. The first-order chi connectivity index (χ1) is 8.69. The van der Waals surface area contributed by atoms with Crippen molar-refractivity contribution in [1.29, 1.82) is 0 Å². The molecule has 1 rings (SSSR count). The highest BCUT2D eigenvalue weighted by molar-refractivity contribution is 7.95. The number of thiocarbonyl (C=S) groups is 1. The number of halogens is 2. The van der Waals surface area contributed by atoms with Gasteiger partial charge in [0.1, 0.15) is 16.9 Å². The Morgan fingerprint density at radius 2 is 2.00 bits per heavy atom. The van der Waals surface area contributed by atoms with Gasteiger partial charge in [-0.25, -0.2) is 17.2 Å². The first-order valence-corrected chi connectivity index (χ1v) is 7.41. The predicted octanol–water partition coefficient (Wildman–Crippen LogP) is 2.08. The van der Waals surface area contributed by atoms with Crippen LogP contribution in [0, 0.1) is 18.6 Å².